The summed E-state index contributed by atoms with van der Waals surface area (Å²) in [5.41, 5.74) is 1.60. The van der Waals surface area contributed by atoms with E-state index in [0.717, 1.165) is 16.7 Å². The first kappa shape index (κ1) is 10.5. The van der Waals surface area contributed by atoms with E-state index in [9.17, 15) is 4.79 Å². The average Bonchev–Trinajstić information content (AvgIpc) is 2.72. The van der Waals surface area contributed by atoms with Crippen LogP contribution in [0, 0.1) is 6.92 Å². The highest BCUT2D eigenvalue weighted by molar-refractivity contribution is 5.93. The Labute approximate surface area is 92.8 Å². The van der Waals surface area contributed by atoms with E-state index in [4.69, 9.17) is 9.15 Å². The van der Waals surface area contributed by atoms with Crippen LogP contribution in [0.2, 0.25) is 0 Å². The van der Waals surface area contributed by atoms with E-state index in [2.05, 4.69) is 4.74 Å². The van der Waals surface area contributed by atoms with Crippen molar-refractivity contribution >= 4 is 16.9 Å². The first-order valence-electron chi connectivity index (χ1n) is 4.82. The van der Waals surface area contributed by atoms with Crippen LogP contribution >= 0.6 is 0 Å². The minimum absolute atomic E-state index is 0.203. The third-order valence-corrected chi connectivity index (χ3v) is 2.40. The van der Waals surface area contributed by atoms with E-state index in [-0.39, 0.29) is 5.76 Å². The molecule has 1 aromatic heterocycles. The Hall–Kier alpha value is -1.97. The number of carbonyl (C=O) groups excluding carboxylic acids is 1. The molecule has 0 aliphatic heterocycles. The topological polar surface area (TPSA) is 48.7 Å². The minimum Gasteiger partial charge on any atom is -0.497 e. The molecule has 1 heterocycles. The van der Waals surface area contributed by atoms with Crippen LogP contribution in [-0.4, -0.2) is 20.2 Å². The number of rotatable bonds is 2. The first-order valence-corrected chi connectivity index (χ1v) is 4.82. The van der Waals surface area contributed by atoms with Gasteiger partial charge in [0.15, 0.2) is 0 Å². The van der Waals surface area contributed by atoms with E-state index < -0.39 is 5.97 Å². The number of fused-ring (bicyclic) bond motifs is 1. The van der Waals surface area contributed by atoms with Crippen molar-refractivity contribution in [3.63, 3.8) is 0 Å². The zero-order valence-corrected chi connectivity index (χ0v) is 9.37. The zero-order valence-electron chi connectivity index (χ0n) is 9.37. The molecule has 1 aromatic carbocycles. The molecule has 0 saturated carbocycles. The van der Waals surface area contributed by atoms with E-state index in [0.29, 0.717) is 5.58 Å². The van der Waals surface area contributed by atoms with Gasteiger partial charge >= 0.3 is 5.97 Å². The van der Waals surface area contributed by atoms with Crippen LogP contribution < -0.4 is 4.74 Å². The van der Waals surface area contributed by atoms with Crippen LogP contribution in [0.1, 0.15) is 16.1 Å². The van der Waals surface area contributed by atoms with Gasteiger partial charge < -0.3 is 13.9 Å². The maximum atomic E-state index is 11.3. The van der Waals surface area contributed by atoms with Crippen molar-refractivity contribution in [2.45, 2.75) is 6.92 Å². The molecule has 0 bridgehead atoms. The van der Waals surface area contributed by atoms with E-state index in [1.165, 1.54) is 7.11 Å². The predicted octanol–water partition coefficient (Wildman–Crippen LogP) is 2.54. The summed E-state index contributed by atoms with van der Waals surface area (Å²) in [5, 5.41) is 0.831. The van der Waals surface area contributed by atoms with E-state index in [1.807, 2.05) is 19.1 Å². The lowest BCUT2D eigenvalue weighted by atomic mass is 10.1. The lowest BCUT2D eigenvalue weighted by molar-refractivity contribution is 0.0567. The molecule has 0 fully saturated rings. The number of benzene rings is 1. The predicted molar refractivity (Wildman–Crippen MR) is 58.8 cm³/mol. The summed E-state index contributed by atoms with van der Waals surface area (Å²) < 4.78 is 15.2. The fourth-order valence-corrected chi connectivity index (χ4v) is 1.61. The number of hydrogen-bond donors (Lipinski definition) is 0. The third-order valence-electron chi connectivity index (χ3n) is 2.40. The summed E-state index contributed by atoms with van der Waals surface area (Å²) in [5.74, 6) is 0.464. The Morgan fingerprint density at radius 1 is 1.25 bits per heavy atom. The molecular weight excluding hydrogens is 208 g/mol. The molecule has 16 heavy (non-hydrogen) atoms. The molecule has 2 rings (SSSR count). The molecule has 4 nitrogen and oxygen atoms in total. The quantitative estimate of drug-likeness (QED) is 0.730. The number of hydrogen-bond acceptors (Lipinski definition) is 4. The number of esters is 1. The van der Waals surface area contributed by atoms with Crippen molar-refractivity contribution < 1.29 is 18.7 Å². The molecule has 0 spiro atoms. The molecule has 0 unspecified atom stereocenters. The maximum absolute atomic E-state index is 11.3. The Bertz CT molecular complexity index is 539. The zero-order chi connectivity index (χ0) is 11.7. The molecule has 0 saturated heterocycles. The minimum atomic E-state index is -0.477. The molecule has 0 N–H and O–H groups in total. The van der Waals surface area contributed by atoms with Crippen molar-refractivity contribution in [2.75, 3.05) is 14.2 Å². The molecule has 0 aliphatic rings. The monoisotopic (exact) mass is 220 g/mol. The van der Waals surface area contributed by atoms with Crippen molar-refractivity contribution in [2.24, 2.45) is 0 Å². The SMILES string of the molecule is COC(=O)c1cc2cc(OC)cc(C)c2o1. The number of furan rings is 1. The molecule has 0 radical (unpaired) electrons. The highest BCUT2D eigenvalue weighted by atomic mass is 16.5. The Balaban J connectivity index is 2.61. The number of aryl methyl sites for hydroxylation is 1. The van der Waals surface area contributed by atoms with Crippen molar-refractivity contribution in [3.05, 3.63) is 29.5 Å². The standard InChI is InChI=1S/C12H12O4/c1-7-4-9(14-2)5-8-6-10(12(13)15-3)16-11(7)8/h4-6H,1-3H3. The van der Waals surface area contributed by atoms with Crippen molar-refractivity contribution in [1.82, 2.24) is 0 Å². The summed E-state index contributed by atoms with van der Waals surface area (Å²) in [4.78, 5) is 11.3. The third kappa shape index (κ3) is 1.62. The summed E-state index contributed by atoms with van der Waals surface area (Å²) in [6.07, 6.45) is 0. The van der Waals surface area contributed by atoms with E-state index in [1.54, 1.807) is 13.2 Å². The lowest BCUT2D eigenvalue weighted by Crippen LogP contribution is -1.97. The van der Waals surface area contributed by atoms with Gasteiger partial charge in [-0.25, -0.2) is 4.79 Å². The van der Waals surface area contributed by atoms with Crippen LogP contribution in [0.25, 0.3) is 11.0 Å². The smallest absolute Gasteiger partial charge is 0.373 e. The fraction of sp³-hybridized carbons (Fsp3) is 0.250. The van der Waals surface area contributed by atoms with Crippen LogP contribution in [0.5, 0.6) is 5.75 Å². The van der Waals surface area contributed by atoms with Crippen molar-refractivity contribution in [3.8, 4) is 5.75 Å². The second kappa shape index (κ2) is 3.89. The normalized spacial score (nSPS) is 10.4. The summed E-state index contributed by atoms with van der Waals surface area (Å²) in [7, 11) is 2.92. The van der Waals surface area contributed by atoms with Gasteiger partial charge in [-0.2, -0.15) is 0 Å². The van der Waals surface area contributed by atoms with Crippen LogP contribution in [0.3, 0.4) is 0 Å². The highest BCUT2D eigenvalue weighted by Crippen LogP contribution is 2.28. The molecule has 2 aromatic rings. The Kier molecular flexibility index (Phi) is 2.56. The van der Waals surface area contributed by atoms with Gasteiger partial charge in [0, 0.05) is 5.39 Å². The molecular formula is C12H12O4. The van der Waals surface area contributed by atoms with Crippen LogP contribution in [-0.2, 0) is 4.74 Å². The molecule has 4 heteroatoms. The van der Waals surface area contributed by atoms with Gasteiger partial charge in [-0.3, -0.25) is 0 Å². The second-order valence-electron chi connectivity index (χ2n) is 3.46. The number of methoxy groups -OCH3 is 2. The Morgan fingerprint density at radius 3 is 2.62 bits per heavy atom. The van der Waals surface area contributed by atoms with Gasteiger partial charge in [0.05, 0.1) is 14.2 Å². The van der Waals surface area contributed by atoms with Gasteiger partial charge in [-0.05, 0) is 30.7 Å². The summed E-state index contributed by atoms with van der Waals surface area (Å²) in [6, 6.07) is 5.32. The van der Waals surface area contributed by atoms with Gasteiger partial charge in [0.25, 0.3) is 0 Å². The average molecular weight is 220 g/mol. The van der Waals surface area contributed by atoms with Crippen LogP contribution in [0.15, 0.2) is 22.6 Å². The molecule has 84 valence electrons. The first-order chi connectivity index (χ1) is 7.65. The maximum Gasteiger partial charge on any atom is 0.373 e. The summed E-state index contributed by atoms with van der Waals surface area (Å²) >= 11 is 0. The second-order valence-corrected chi connectivity index (χ2v) is 3.46. The van der Waals surface area contributed by atoms with Crippen LogP contribution in [0.4, 0.5) is 0 Å². The van der Waals surface area contributed by atoms with Gasteiger partial charge in [0.1, 0.15) is 11.3 Å². The number of carbonyl (C=O) groups is 1. The fourth-order valence-electron chi connectivity index (χ4n) is 1.61. The number of ether oxygens (including phenoxy) is 2. The largest absolute Gasteiger partial charge is 0.497 e. The van der Waals surface area contributed by atoms with Crippen molar-refractivity contribution in [1.29, 1.82) is 0 Å². The van der Waals surface area contributed by atoms with E-state index >= 15 is 0 Å². The lowest BCUT2D eigenvalue weighted by Gasteiger charge is -2.00. The molecule has 0 aliphatic carbocycles. The molecule has 0 atom stereocenters. The molecule has 0 amide bonds. The Morgan fingerprint density at radius 2 is 2.00 bits per heavy atom. The van der Waals surface area contributed by atoms with Gasteiger partial charge in [-0.1, -0.05) is 0 Å². The highest BCUT2D eigenvalue weighted by Gasteiger charge is 2.14. The summed E-state index contributed by atoms with van der Waals surface area (Å²) in [6.45, 7) is 1.90. The van der Waals surface area contributed by atoms with Gasteiger partial charge in [0.2, 0.25) is 5.76 Å². The van der Waals surface area contributed by atoms with Gasteiger partial charge in [-0.15, -0.1) is 0 Å².